The molecule has 0 aliphatic rings. The molecule has 0 aliphatic heterocycles. The Kier molecular flexibility index (Phi) is 2.86. The van der Waals surface area contributed by atoms with Crippen molar-refractivity contribution in [1.82, 2.24) is 4.98 Å². The molecule has 0 saturated heterocycles. The first-order chi connectivity index (χ1) is 7.31. The van der Waals surface area contributed by atoms with Gasteiger partial charge in [-0.05, 0) is 37.6 Å². The van der Waals surface area contributed by atoms with Gasteiger partial charge in [-0.15, -0.1) is 0 Å². The van der Waals surface area contributed by atoms with E-state index in [0.717, 1.165) is 11.9 Å². The standard InChI is InChI=1S/C13H16N2/c1-3-10(2)15-13-8-4-7-12-11(13)6-5-9-14-12/h4-10,15H,3H2,1-2H3. The average molecular weight is 200 g/mol. The van der Waals surface area contributed by atoms with Crippen LogP contribution in [0.4, 0.5) is 5.69 Å². The van der Waals surface area contributed by atoms with Crippen LogP contribution in [-0.4, -0.2) is 11.0 Å². The maximum absolute atomic E-state index is 4.33. The SMILES string of the molecule is CCC(C)Nc1cccc2ncccc12. The monoisotopic (exact) mass is 200 g/mol. The predicted octanol–water partition coefficient (Wildman–Crippen LogP) is 3.45. The van der Waals surface area contributed by atoms with Crippen molar-refractivity contribution < 1.29 is 0 Å². The lowest BCUT2D eigenvalue weighted by molar-refractivity contribution is 0.765. The summed E-state index contributed by atoms with van der Waals surface area (Å²) in [7, 11) is 0. The molecule has 1 aromatic carbocycles. The number of pyridine rings is 1. The van der Waals surface area contributed by atoms with Crippen molar-refractivity contribution in [3.05, 3.63) is 36.5 Å². The highest BCUT2D eigenvalue weighted by atomic mass is 14.9. The van der Waals surface area contributed by atoms with Crippen molar-refractivity contribution in [2.45, 2.75) is 26.3 Å². The highest BCUT2D eigenvalue weighted by Crippen LogP contribution is 2.22. The molecule has 0 radical (unpaired) electrons. The molecule has 0 aliphatic carbocycles. The van der Waals surface area contributed by atoms with E-state index in [4.69, 9.17) is 0 Å². The Morgan fingerprint density at radius 2 is 2.13 bits per heavy atom. The van der Waals surface area contributed by atoms with Crippen molar-refractivity contribution in [2.75, 3.05) is 5.32 Å². The third-order valence-electron chi connectivity index (χ3n) is 2.66. The first kappa shape index (κ1) is 9.97. The van der Waals surface area contributed by atoms with Gasteiger partial charge >= 0.3 is 0 Å². The minimum absolute atomic E-state index is 0.496. The third kappa shape index (κ3) is 2.09. The smallest absolute Gasteiger partial charge is 0.0722 e. The maximum Gasteiger partial charge on any atom is 0.0722 e. The van der Waals surface area contributed by atoms with Crippen LogP contribution in [0.5, 0.6) is 0 Å². The number of rotatable bonds is 3. The summed E-state index contributed by atoms with van der Waals surface area (Å²) in [6.07, 6.45) is 2.95. The number of hydrogen-bond acceptors (Lipinski definition) is 2. The lowest BCUT2D eigenvalue weighted by atomic mass is 10.1. The van der Waals surface area contributed by atoms with Gasteiger partial charge < -0.3 is 5.32 Å². The minimum Gasteiger partial charge on any atom is -0.382 e. The van der Waals surface area contributed by atoms with Crippen LogP contribution >= 0.6 is 0 Å². The topological polar surface area (TPSA) is 24.9 Å². The van der Waals surface area contributed by atoms with Gasteiger partial charge in [0, 0.05) is 23.3 Å². The third-order valence-corrected chi connectivity index (χ3v) is 2.66. The molecule has 78 valence electrons. The lowest BCUT2D eigenvalue weighted by Crippen LogP contribution is -2.13. The van der Waals surface area contributed by atoms with Crippen molar-refractivity contribution >= 4 is 16.6 Å². The van der Waals surface area contributed by atoms with Crippen molar-refractivity contribution in [3.63, 3.8) is 0 Å². The number of fused-ring (bicyclic) bond motifs is 1. The number of nitrogens with zero attached hydrogens (tertiary/aromatic N) is 1. The molecule has 0 fully saturated rings. The maximum atomic E-state index is 4.33. The molecule has 1 aromatic heterocycles. The van der Waals surface area contributed by atoms with E-state index in [0.29, 0.717) is 6.04 Å². The van der Waals surface area contributed by atoms with Gasteiger partial charge in [0.1, 0.15) is 0 Å². The van der Waals surface area contributed by atoms with Crippen LogP contribution in [0, 0.1) is 0 Å². The predicted molar refractivity (Wildman–Crippen MR) is 65.1 cm³/mol. The first-order valence-electron chi connectivity index (χ1n) is 5.41. The fourth-order valence-corrected chi connectivity index (χ4v) is 1.60. The number of nitrogens with one attached hydrogen (secondary N) is 1. The molecule has 0 bridgehead atoms. The molecule has 2 rings (SSSR count). The van der Waals surface area contributed by atoms with E-state index in [1.807, 2.05) is 24.4 Å². The van der Waals surface area contributed by atoms with Gasteiger partial charge in [0.25, 0.3) is 0 Å². The van der Waals surface area contributed by atoms with Crippen molar-refractivity contribution in [2.24, 2.45) is 0 Å². The van der Waals surface area contributed by atoms with E-state index >= 15 is 0 Å². The van der Waals surface area contributed by atoms with Gasteiger partial charge in [-0.2, -0.15) is 0 Å². The zero-order valence-electron chi connectivity index (χ0n) is 9.20. The van der Waals surface area contributed by atoms with Gasteiger partial charge in [-0.1, -0.05) is 13.0 Å². The zero-order chi connectivity index (χ0) is 10.7. The molecule has 1 N–H and O–H groups in total. The summed E-state index contributed by atoms with van der Waals surface area (Å²) < 4.78 is 0. The lowest BCUT2D eigenvalue weighted by Gasteiger charge is -2.14. The van der Waals surface area contributed by atoms with Gasteiger partial charge in [0.15, 0.2) is 0 Å². The molecule has 2 aromatic rings. The van der Waals surface area contributed by atoms with E-state index in [1.165, 1.54) is 11.1 Å². The fraction of sp³-hybridized carbons (Fsp3) is 0.308. The van der Waals surface area contributed by atoms with Crippen LogP contribution in [0.1, 0.15) is 20.3 Å². The molecule has 1 heterocycles. The number of hydrogen-bond donors (Lipinski definition) is 1. The average Bonchev–Trinajstić information content (AvgIpc) is 2.29. The van der Waals surface area contributed by atoms with Gasteiger partial charge in [0.2, 0.25) is 0 Å². The van der Waals surface area contributed by atoms with Crippen LogP contribution in [0.15, 0.2) is 36.5 Å². The summed E-state index contributed by atoms with van der Waals surface area (Å²) in [6, 6.07) is 10.8. The van der Waals surface area contributed by atoms with Gasteiger partial charge in [-0.25, -0.2) is 0 Å². The second kappa shape index (κ2) is 4.30. The molecule has 0 amide bonds. The van der Waals surface area contributed by atoms with Crippen LogP contribution in [0.3, 0.4) is 0 Å². The Bertz CT molecular complexity index is 446. The highest BCUT2D eigenvalue weighted by molar-refractivity contribution is 5.91. The molecule has 1 atom stereocenters. The Labute approximate surface area is 90.3 Å². The van der Waals surface area contributed by atoms with E-state index < -0.39 is 0 Å². The largest absolute Gasteiger partial charge is 0.382 e. The Hall–Kier alpha value is -1.57. The molecular formula is C13H16N2. The summed E-state index contributed by atoms with van der Waals surface area (Å²) >= 11 is 0. The number of benzene rings is 1. The van der Waals surface area contributed by atoms with E-state index in [9.17, 15) is 0 Å². The van der Waals surface area contributed by atoms with Crippen molar-refractivity contribution in [1.29, 1.82) is 0 Å². The molecular weight excluding hydrogens is 184 g/mol. The molecule has 1 unspecified atom stereocenters. The fourth-order valence-electron chi connectivity index (χ4n) is 1.60. The molecule has 2 nitrogen and oxygen atoms in total. The molecule has 0 saturated carbocycles. The minimum atomic E-state index is 0.496. The normalized spacial score (nSPS) is 12.7. The number of anilines is 1. The second-order valence-corrected chi connectivity index (χ2v) is 3.83. The van der Waals surface area contributed by atoms with Crippen LogP contribution in [-0.2, 0) is 0 Å². The first-order valence-corrected chi connectivity index (χ1v) is 5.41. The Balaban J connectivity index is 2.42. The van der Waals surface area contributed by atoms with Gasteiger partial charge in [0.05, 0.1) is 5.52 Å². The Morgan fingerprint density at radius 3 is 2.93 bits per heavy atom. The zero-order valence-corrected chi connectivity index (χ0v) is 9.20. The Morgan fingerprint density at radius 1 is 1.27 bits per heavy atom. The van der Waals surface area contributed by atoms with Crippen molar-refractivity contribution in [3.8, 4) is 0 Å². The summed E-state index contributed by atoms with van der Waals surface area (Å²) in [5.74, 6) is 0. The van der Waals surface area contributed by atoms with E-state index in [2.05, 4.69) is 36.3 Å². The van der Waals surface area contributed by atoms with Gasteiger partial charge in [-0.3, -0.25) is 4.98 Å². The molecule has 2 heteroatoms. The quantitative estimate of drug-likeness (QED) is 0.820. The van der Waals surface area contributed by atoms with E-state index in [-0.39, 0.29) is 0 Å². The highest BCUT2D eigenvalue weighted by Gasteiger charge is 2.03. The summed E-state index contributed by atoms with van der Waals surface area (Å²) in [5, 5.41) is 4.69. The molecule has 0 spiro atoms. The number of aromatic nitrogens is 1. The summed E-state index contributed by atoms with van der Waals surface area (Å²) in [5.41, 5.74) is 2.22. The summed E-state index contributed by atoms with van der Waals surface area (Å²) in [4.78, 5) is 4.33. The van der Waals surface area contributed by atoms with Crippen LogP contribution in [0.25, 0.3) is 10.9 Å². The summed E-state index contributed by atoms with van der Waals surface area (Å²) in [6.45, 7) is 4.37. The second-order valence-electron chi connectivity index (χ2n) is 3.83. The van der Waals surface area contributed by atoms with Crippen LogP contribution in [0.2, 0.25) is 0 Å². The molecule has 15 heavy (non-hydrogen) atoms. The van der Waals surface area contributed by atoms with Crippen LogP contribution < -0.4 is 5.32 Å². The van der Waals surface area contributed by atoms with E-state index in [1.54, 1.807) is 0 Å².